The second kappa shape index (κ2) is 6.24. The predicted octanol–water partition coefficient (Wildman–Crippen LogP) is 4.11. The second-order valence-electron chi connectivity index (χ2n) is 4.39. The highest BCUT2D eigenvalue weighted by atomic mass is 35.5. The van der Waals surface area contributed by atoms with E-state index in [1.54, 1.807) is 6.07 Å². The molecule has 0 aliphatic carbocycles. The normalized spacial score (nSPS) is 12.4. The number of hydrogen-bond acceptors (Lipinski definition) is 1. The van der Waals surface area contributed by atoms with Gasteiger partial charge in [-0.25, -0.2) is 0 Å². The Bertz CT molecular complexity index is 511. The van der Waals surface area contributed by atoms with Gasteiger partial charge in [-0.05, 0) is 36.1 Å². The van der Waals surface area contributed by atoms with E-state index in [0.29, 0.717) is 10.0 Å². The van der Waals surface area contributed by atoms with Gasteiger partial charge in [0.05, 0.1) is 0 Å². The molecule has 1 nitrogen and oxygen atoms in total. The minimum atomic E-state index is 0.0612. The van der Waals surface area contributed by atoms with E-state index in [9.17, 15) is 0 Å². The monoisotopic (exact) mass is 279 g/mol. The minimum absolute atomic E-state index is 0.0612. The third-order valence-corrected chi connectivity index (χ3v) is 3.42. The van der Waals surface area contributed by atoms with Gasteiger partial charge < -0.3 is 5.73 Å². The zero-order valence-electron chi connectivity index (χ0n) is 9.94. The van der Waals surface area contributed by atoms with Gasteiger partial charge in [-0.2, -0.15) is 0 Å². The third kappa shape index (κ3) is 3.74. The summed E-state index contributed by atoms with van der Waals surface area (Å²) in [5, 5.41) is 1.34. The summed E-state index contributed by atoms with van der Waals surface area (Å²) in [5.74, 6) is 0. The fourth-order valence-electron chi connectivity index (χ4n) is 1.96. The van der Waals surface area contributed by atoms with Crippen molar-refractivity contribution >= 4 is 23.2 Å². The summed E-state index contributed by atoms with van der Waals surface area (Å²) in [6.45, 7) is 0. The zero-order chi connectivity index (χ0) is 13.0. The van der Waals surface area contributed by atoms with E-state index in [2.05, 4.69) is 12.1 Å². The smallest absolute Gasteiger partial charge is 0.0453 e. The van der Waals surface area contributed by atoms with Crippen molar-refractivity contribution in [2.75, 3.05) is 0 Å². The fourth-order valence-corrected chi connectivity index (χ4v) is 2.44. The summed E-state index contributed by atoms with van der Waals surface area (Å²) in [6, 6.07) is 15.8. The van der Waals surface area contributed by atoms with Crippen LogP contribution in [0.25, 0.3) is 0 Å². The van der Waals surface area contributed by atoms with Crippen molar-refractivity contribution in [1.82, 2.24) is 0 Å². The molecule has 0 heterocycles. The van der Waals surface area contributed by atoms with Crippen LogP contribution in [0.4, 0.5) is 0 Å². The second-order valence-corrected chi connectivity index (χ2v) is 5.23. The van der Waals surface area contributed by atoms with Gasteiger partial charge >= 0.3 is 0 Å². The molecule has 0 bridgehead atoms. The van der Waals surface area contributed by atoms with Gasteiger partial charge in [0.15, 0.2) is 0 Å². The predicted molar refractivity (Wildman–Crippen MR) is 78.3 cm³/mol. The maximum Gasteiger partial charge on any atom is 0.0453 e. The van der Waals surface area contributed by atoms with Crippen LogP contribution in [-0.2, 0) is 12.8 Å². The van der Waals surface area contributed by atoms with Crippen LogP contribution in [-0.4, -0.2) is 6.04 Å². The summed E-state index contributed by atoms with van der Waals surface area (Å²) in [5.41, 5.74) is 8.44. The molecule has 2 aromatic carbocycles. The highest BCUT2D eigenvalue weighted by Crippen LogP contribution is 2.22. The minimum Gasteiger partial charge on any atom is -0.327 e. The Morgan fingerprint density at radius 2 is 1.67 bits per heavy atom. The molecule has 0 amide bonds. The fraction of sp³-hybridized carbons (Fsp3) is 0.200. The van der Waals surface area contributed by atoms with Crippen molar-refractivity contribution in [3.8, 4) is 0 Å². The molecule has 18 heavy (non-hydrogen) atoms. The highest BCUT2D eigenvalue weighted by Gasteiger charge is 2.08. The first-order valence-corrected chi connectivity index (χ1v) is 6.64. The molecule has 3 heteroatoms. The summed E-state index contributed by atoms with van der Waals surface area (Å²) in [7, 11) is 0. The molecular weight excluding hydrogens is 265 g/mol. The molecule has 0 fully saturated rings. The molecule has 1 atom stereocenters. The number of rotatable bonds is 4. The van der Waals surface area contributed by atoms with E-state index < -0.39 is 0 Å². The average Bonchev–Trinajstić information content (AvgIpc) is 2.34. The SMILES string of the molecule is NC(Cc1ccccc1)Cc1ccc(Cl)cc1Cl. The lowest BCUT2D eigenvalue weighted by molar-refractivity contribution is 0.665. The number of nitrogens with two attached hydrogens (primary N) is 1. The first-order chi connectivity index (χ1) is 8.65. The summed E-state index contributed by atoms with van der Waals surface area (Å²) >= 11 is 12.0. The first-order valence-electron chi connectivity index (χ1n) is 5.88. The van der Waals surface area contributed by atoms with E-state index in [0.717, 1.165) is 18.4 Å². The zero-order valence-corrected chi connectivity index (χ0v) is 11.5. The standard InChI is InChI=1S/C15H15Cl2N/c16-13-7-6-12(15(17)10-13)9-14(18)8-11-4-2-1-3-5-11/h1-7,10,14H,8-9,18H2. The lowest BCUT2D eigenvalue weighted by atomic mass is 10.00. The Morgan fingerprint density at radius 3 is 2.33 bits per heavy atom. The molecule has 1 unspecified atom stereocenters. The van der Waals surface area contributed by atoms with E-state index >= 15 is 0 Å². The Labute approximate surface area is 118 Å². The molecule has 0 spiro atoms. The van der Waals surface area contributed by atoms with Crippen molar-refractivity contribution < 1.29 is 0 Å². The summed E-state index contributed by atoms with van der Waals surface area (Å²) in [4.78, 5) is 0. The molecule has 0 saturated carbocycles. The van der Waals surface area contributed by atoms with Crippen LogP contribution in [0, 0.1) is 0 Å². The van der Waals surface area contributed by atoms with Gasteiger partial charge in [-0.1, -0.05) is 59.6 Å². The largest absolute Gasteiger partial charge is 0.327 e. The van der Waals surface area contributed by atoms with Crippen LogP contribution >= 0.6 is 23.2 Å². The van der Waals surface area contributed by atoms with Crippen molar-refractivity contribution in [3.05, 3.63) is 69.7 Å². The molecule has 2 rings (SSSR count). The van der Waals surface area contributed by atoms with Crippen LogP contribution in [0.3, 0.4) is 0 Å². The molecule has 0 aliphatic heterocycles. The number of halogens is 2. The van der Waals surface area contributed by atoms with Gasteiger partial charge in [0.2, 0.25) is 0 Å². The lowest BCUT2D eigenvalue weighted by Crippen LogP contribution is -2.25. The third-order valence-electron chi connectivity index (χ3n) is 2.84. The van der Waals surface area contributed by atoms with E-state index in [-0.39, 0.29) is 6.04 Å². The van der Waals surface area contributed by atoms with Gasteiger partial charge in [-0.15, -0.1) is 0 Å². The molecular formula is C15H15Cl2N. The number of hydrogen-bond donors (Lipinski definition) is 1. The molecule has 0 aliphatic rings. The van der Waals surface area contributed by atoms with Gasteiger partial charge in [-0.3, -0.25) is 0 Å². The van der Waals surface area contributed by atoms with E-state index in [1.165, 1.54) is 5.56 Å². The number of benzene rings is 2. The molecule has 0 aromatic heterocycles. The van der Waals surface area contributed by atoms with Crippen LogP contribution in [0.1, 0.15) is 11.1 Å². The van der Waals surface area contributed by atoms with Crippen molar-refractivity contribution in [1.29, 1.82) is 0 Å². The maximum absolute atomic E-state index is 6.15. The van der Waals surface area contributed by atoms with Crippen LogP contribution < -0.4 is 5.73 Å². The molecule has 2 N–H and O–H groups in total. The van der Waals surface area contributed by atoms with Gasteiger partial charge in [0.25, 0.3) is 0 Å². The first kappa shape index (κ1) is 13.4. The van der Waals surface area contributed by atoms with Crippen LogP contribution in [0.15, 0.2) is 48.5 Å². The summed E-state index contributed by atoms with van der Waals surface area (Å²) < 4.78 is 0. The Balaban J connectivity index is 2.01. The van der Waals surface area contributed by atoms with Crippen molar-refractivity contribution in [3.63, 3.8) is 0 Å². The molecule has 0 radical (unpaired) electrons. The maximum atomic E-state index is 6.15. The molecule has 2 aromatic rings. The lowest BCUT2D eigenvalue weighted by Gasteiger charge is -2.13. The van der Waals surface area contributed by atoms with Crippen molar-refractivity contribution in [2.24, 2.45) is 5.73 Å². The highest BCUT2D eigenvalue weighted by molar-refractivity contribution is 6.35. The average molecular weight is 280 g/mol. The quantitative estimate of drug-likeness (QED) is 0.896. The Hall–Kier alpha value is -1.02. The topological polar surface area (TPSA) is 26.0 Å². The van der Waals surface area contributed by atoms with Crippen LogP contribution in [0.5, 0.6) is 0 Å². The molecule has 94 valence electrons. The van der Waals surface area contributed by atoms with Crippen LogP contribution in [0.2, 0.25) is 10.0 Å². The van der Waals surface area contributed by atoms with Gasteiger partial charge in [0.1, 0.15) is 0 Å². The Kier molecular flexibility index (Phi) is 4.65. The summed E-state index contributed by atoms with van der Waals surface area (Å²) in [6.07, 6.45) is 1.60. The van der Waals surface area contributed by atoms with Crippen molar-refractivity contribution in [2.45, 2.75) is 18.9 Å². The van der Waals surface area contributed by atoms with E-state index in [4.69, 9.17) is 28.9 Å². The molecule has 0 saturated heterocycles. The Morgan fingerprint density at radius 1 is 0.944 bits per heavy atom. The van der Waals surface area contributed by atoms with Gasteiger partial charge in [0, 0.05) is 16.1 Å². The van der Waals surface area contributed by atoms with E-state index in [1.807, 2.05) is 30.3 Å².